The van der Waals surface area contributed by atoms with Crippen LogP contribution in [0.4, 0.5) is 0 Å². The second-order valence-electron chi connectivity index (χ2n) is 6.26. The first-order valence-electron chi connectivity index (χ1n) is 7.97. The van der Waals surface area contributed by atoms with Crippen LogP contribution in [0, 0.1) is 0 Å². The lowest BCUT2D eigenvalue weighted by molar-refractivity contribution is -0.140. The Hall–Kier alpha value is -2.17. The van der Waals surface area contributed by atoms with E-state index in [-0.39, 0.29) is 12.5 Å². The molecule has 0 bridgehead atoms. The van der Waals surface area contributed by atoms with Crippen LogP contribution in [0.5, 0.6) is 0 Å². The Morgan fingerprint density at radius 2 is 1.65 bits per heavy atom. The Balaban J connectivity index is 1.55. The molecule has 4 nitrogen and oxygen atoms in total. The summed E-state index contributed by atoms with van der Waals surface area (Å²) in [5.41, 5.74) is 7.55. The highest BCUT2D eigenvalue weighted by Crippen LogP contribution is 2.22. The molecule has 2 aromatic carbocycles. The van der Waals surface area contributed by atoms with Crippen molar-refractivity contribution in [2.45, 2.75) is 37.5 Å². The summed E-state index contributed by atoms with van der Waals surface area (Å²) >= 11 is 0. The maximum absolute atomic E-state index is 12.3. The fourth-order valence-electron chi connectivity index (χ4n) is 3.06. The average Bonchev–Trinajstić information content (AvgIpc) is 2.96. The zero-order valence-corrected chi connectivity index (χ0v) is 13.0. The van der Waals surface area contributed by atoms with Crippen molar-refractivity contribution in [3.63, 3.8) is 0 Å². The topological polar surface area (TPSA) is 75.3 Å². The monoisotopic (exact) mass is 310 g/mol. The predicted octanol–water partition coefficient (Wildman–Crippen LogP) is 1.55. The van der Waals surface area contributed by atoms with Crippen LogP contribution in [-0.4, -0.2) is 22.8 Å². The standard InChI is InChI=1S/C19H22N2O2/c20-19(23,11-10-14-6-2-1-3-7-14)18(22)21-17-12-15-8-4-5-9-16(15)13-17/h1-9,17,23H,10-13,20H2,(H,21,22). The number of amides is 1. The van der Waals surface area contributed by atoms with Gasteiger partial charge in [0.2, 0.25) is 0 Å². The summed E-state index contributed by atoms with van der Waals surface area (Å²) in [6.45, 7) is 0. The summed E-state index contributed by atoms with van der Waals surface area (Å²) in [6, 6.07) is 17.9. The minimum absolute atomic E-state index is 0.00620. The van der Waals surface area contributed by atoms with Crippen molar-refractivity contribution in [1.29, 1.82) is 0 Å². The first kappa shape index (κ1) is 15.7. The van der Waals surface area contributed by atoms with Crippen LogP contribution in [0.25, 0.3) is 0 Å². The van der Waals surface area contributed by atoms with E-state index >= 15 is 0 Å². The molecule has 1 unspecified atom stereocenters. The maximum Gasteiger partial charge on any atom is 0.267 e. The third-order valence-corrected chi connectivity index (χ3v) is 4.42. The Morgan fingerprint density at radius 3 is 2.26 bits per heavy atom. The summed E-state index contributed by atoms with van der Waals surface area (Å²) in [7, 11) is 0. The summed E-state index contributed by atoms with van der Waals surface area (Å²) in [5, 5.41) is 13.2. The van der Waals surface area contributed by atoms with Crippen LogP contribution in [0.15, 0.2) is 54.6 Å². The van der Waals surface area contributed by atoms with Gasteiger partial charge in [-0.2, -0.15) is 0 Å². The molecule has 4 heteroatoms. The number of hydrogen-bond donors (Lipinski definition) is 3. The van der Waals surface area contributed by atoms with Crippen LogP contribution >= 0.6 is 0 Å². The van der Waals surface area contributed by atoms with Gasteiger partial charge in [-0.25, -0.2) is 0 Å². The number of benzene rings is 2. The van der Waals surface area contributed by atoms with Gasteiger partial charge in [0.15, 0.2) is 5.72 Å². The van der Waals surface area contributed by atoms with Crippen molar-refractivity contribution < 1.29 is 9.90 Å². The predicted molar refractivity (Wildman–Crippen MR) is 89.7 cm³/mol. The SMILES string of the molecule is NC(O)(CCc1ccccc1)C(=O)NC1Cc2ccccc2C1. The maximum atomic E-state index is 12.3. The van der Waals surface area contributed by atoms with Gasteiger partial charge in [0, 0.05) is 12.5 Å². The molecule has 1 atom stereocenters. The molecule has 0 radical (unpaired) electrons. The van der Waals surface area contributed by atoms with E-state index in [1.807, 2.05) is 42.5 Å². The van der Waals surface area contributed by atoms with E-state index in [0.29, 0.717) is 6.42 Å². The number of fused-ring (bicyclic) bond motifs is 1. The smallest absolute Gasteiger partial charge is 0.267 e. The van der Waals surface area contributed by atoms with Crippen molar-refractivity contribution in [3.05, 3.63) is 71.3 Å². The molecule has 0 spiro atoms. The molecule has 0 saturated carbocycles. The summed E-state index contributed by atoms with van der Waals surface area (Å²) < 4.78 is 0. The van der Waals surface area contributed by atoms with E-state index in [9.17, 15) is 9.90 Å². The van der Waals surface area contributed by atoms with Gasteiger partial charge in [-0.15, -0.1) is 0 Å². The van der Waals surface area contributed by atoms with Crippen molar-refractivity contribution in [1.82, 2.24) is 5.32 Å². The number of aryl methyl sites for hydroxylation is 1. The number of carbonyl (C=O) groups excluding carboxylic acids is 1. The number of hydrogen-bond acceptors (Lipinski definition) is 3. The molecule has 3 rings (SSSR count). The lowest BCUT2D eigenvalue weighted by Crippen LogP contribution is -2.56. The van der Waals surface area contributed by atoms with Crippen LogP contribution in [0.2, 0.25) is 0 Å². The van der Waals surface area contributed by atoms with Gasteiger partial charge < -0.3 is 10.4 Å². The normalized spacial score (nSPS) is 16.6. The molecule has 23 heavy (non-hydrogen) atoms. The highest BCUT2D eigenvalue weighted by molar-refractivity contribution is 5.84. The van der Waals surface area contributed by atoms with Gasteiger partial charge in [-0.1, -0.05) is 54.6 Å². The fraction of sp³-hybridized carbons (Fsp3) is 0.316. The fourth-order valence-corrected chi connectivity index (χ4v) is 3.06. The van der Waals surface area contributed by atoms with E-state index in [0.717, 1.165) is 18.4 Å². The van der Waals surface area contributed by atoms with Crippen molar-refractivity contribution in [2.75, 3.05) is 0 Å². The number of nitrogens with two attached hydrogens (primary N) is 1. The highest BCUT2D eigenvalue weighted by atomic mass is 16.3. The second kappa shape index (κ2) is 6.52. The zero-order chi connectivity index (χ0) is 16.3. The van der Waals surface area contributed by atoms with E-state index in [1.54, 1.807) is 0 Å². The molecule has 4 N–H and O–H groups in total. The van der Waals surface area contributed by atoms with E-state index in [2.05, 4.69) is 17.4 Å². The minimum atomic E-state index is -1.84. The second-order valence-corrected chi connectivity index (χ2v) is 6.26. The van der Waals surface area contributed by atoms with E-state index in [1.165, 1.54) is 11.1 Å². The van der Waals surface area contributed by atoms with E-state index < -0.39 is 11.6 Å². The Bertz CT molecular complexity index is 658. The number of nitrogens with one attached hydrogen (secondary N) is 1. The molecule has 2 aromatic rings. The van der Waals surface area contributed by atoms with Gasteiger partial charge in [-0.3, -0.25) is 10.5 Å². The molecule has 0 fully saturated rings. The lowest BCUT2D eigenvalue weighted by Gasteiger charge is -2.24. The Morgan fingerprint density at radius 1 is 1.09 bits per heavy atom. The van der Waals surface area contributed by atoms with Gasteiger partial charge in [0.25, 0.3) is 5.91 Å². The third kappa shape index (κ3) is 3.78. The molecule has 1 aliphatic carbocycles. The molecule has 1 amide bonds. The van der Waals surface area contributed by atoms with Gasteiger partial charge >= 0.3 is 0 Å². The van der Waals surface area contributed by atoms with E-state index in [4.69, 9.17) is 5.73 Å². The van der Waals surface area contributed by atoms with Gasteiger partial charge in [-0.05, 0) is 36.0 Å². The van der Waals surface area contributed by atoms with Crippen molar-refractivity contribution in [2.24, 2.45) is 5.73 Å². The van der Waals surface area contributed by atoms with Crippen LogP contribution in [0.3, 0.4) is 0 Å². The van der Waals surface area contributed by atoms with Crippen molar-refractivity contribution >= 4 is 5.91 Å². The average molecular weight is 310 g/mol. The first-order chi connectivity index (χ1) is 11.0. The van der Waals surface area contributed by atoms with Gasteiger partial charge in [0.1, 0.15) is 0 Å². The summed E-state index contributed by atoms with van der Waals surface area (Å²) in [4.78, 5) is 12.3. The molecular formula is C19H22N2O2. The minimum Gasteiger partial charge on any atom is -0.368 e. The number of aliphatic hydroxyl groups is 1. The number of rotatable bonds is 5. The largest absolute Gasteiger partial charge is 0.368 e. The zero-order valence-electron chi connectivity index (χ0n) is 13.0. The molecule has 0 saturated heterocycles. The Labute approximate surface area is 136 Å². The quantitative estimate of drug-likeness (QED) is 0.734. The summed E-state index contributed by atoms with van der Waals surface area (Å²) in [6.07, 6.45) is 2.34. The van der Waals surface area contributed by atoms with Crippen molar-refractivity contribution in [3.8, 4) is 0 Å². The molecule has 0 heterocycles. The van der Waals surface area contributed by atoms with Gasteiger partial charge in [0.05, 0.1) is 0 Å². The molecular weight excluding hydrogens is 288 g/mol. The third-order valence-electron chi connectivity index (χ3n) is 4.42. The van der Waals surface area contributed by atoms with Crippen LogP contribution < -0.4 is 11.1 Å². The first-order valence-corrected chi connectivity index (χ1v) is 7.97. The van der Waals surface area contributed by atoms with Crippen LogP contribution in [0.1, 0.15) is 23.1 Å². The molecule has 0 aliphatic heterocycles. The molecule has 1 aliphatic rings. The number of carbonyl (C=O) groups is 1. The molecule has 120 valence electrons. The Kier molecular flexibility index (Phi) is 4.46. The highest BCUT2D eigenvalue weighted by Gasteiger charge is 2.33. The summed E-state index contributed by atoms with van der Waals surface area (Å²) in [5.74, 6) is -0.494. The van der Waals surface area contributed by atoms with Crippen LogP contribution in [-0.2, 0) is 24.1 Å². The lowest BCUT2D eigenvalue weighted by atomic mass is 10.0. The molecule has 0 aromatic heterocycles.